The summed E-state index contributed by atoms with van der Waals surface area (Å²) in [6.45, 7) is 9.11. The molecule has 2 amide bonds. The molecule has 0 fully saturated rings. The Morgan fingerprint density at radius 3 is 2.05 bits per heavy atom. The van der Waals surface area contributed by atoms with Crippen molar-refractivity contribution in [3.8, 4) is 0 Å². The minimum Gasteiger partial charge on any atom is -0.356 e. The van der Waals surface area contributed by atoms with E-state index in [0.29, 0.717) is 24.6 Å². The van der Waals surface area contributed by atoms with Crippen LogP contribution in [0, 0.1) is 5.92 Å². The SMILES string of the molecule is CC(C)C(=O)NCCCNC(=O)c1ccc(C(C)C)cc1. The van der Waals surface area contributed by atoms with Gasteiger partial charge in [-0.3, -0.25) is 9.59 Å². The van der Waals surface area contributed by atoms with Gasteiger partial charge in [0.05, 0.1) is 0 Å². The standard InChI is InChI=1S/C17H26N2O2/c1-12(2)14-6-8-15(9-7-14)17(21)19-11-5-10-18-16(20)13(3)4/h6-9,12-13H,5,10-11H2,1-4H3,(H,18,20)(H,19,21). The molecule has 1 aromatic rings. The summed E-state index contributed by atoms with van der Waals surface area (Å²) in [5, 5.41) is 5.69. The van der Waals surface area contributed by atoms with E-state index in [-0.39, 0.29) is 17.7 Å². The van der Waals surface area contributed by atoms with E-state index in [1.54, 1.807) is 0 Å². The van der Waals surface area contributed by atoms with Crippen LogP contribution < -0.4 is 10.6 Å². The maximum Gasteiger partial charge on any atom is 0.251 e. The lowest BCUT2D eigenvalue weighted by molar-refractivity contribution is -0.123. The van der Waals surface area contributed by atoms with Gasteiger partial charge in [-0.2, -0.15) is 0 Å². The maximum absolute atomic E-state index is 11.9. The van der Waals surface area contributed by atoms with Crippen LogP contribution in [0.2, 0.25) is 0 Å². The predicted octanol–water partition coefficient (Wildman–Crippen LogP) is 2.70. The summed E-state index contributed by atoms with van der Waals surface area (Å²) in [6, 6.07) is 7.68. The Morgan fingerprint density at radius 2 is 1.52 bits per heavy atom. The number of nitrogens with one attached hydrogen (secondary N) is 2. The molecule has 21 heavy (non-hydrogen) atoms. The second-order valence-electron chi connectivity index (χ2n) is 5.83. The van der Waals surface area contributed by atoms with Crippen LogP contribution in [0.1, 0.15) is 56.0 Å². The van der Waals surface area contributed by atoms with E-state index in [0.717, 1.165) is 6.42 Å². The van der Waals surface area contributed by atoms with Crippen molar-refractivity contribution >= 4 is 11.8 Å². The Kier molecular flexibility index (Phi) is 6.92. The number of rotatable bonds is 7. The summed E-state index contributed by atoms with van der Waals surface area (Å²) in [4.78, 5) is 23.3. The van der Waals surface area contributed by atoms with Crippen LogP contribution >= 0.6 is 0 Å². The van der Waals surface area contributed by atoms with Gasteiger partial charge >= 0.3 is 0 Å². The smallest absolute Gasteiger partial charge is 0.251 e. The first-order valence-corrected chi connectivity index (χ1v) is 7.57. The highest BCUT2D eigenvalue weighted by atomic mass is 16.2. The lowest BCUT2D eigenvalue weighted by atomic mass is 10.0. The third-order valence-electron chi connectivity index (χ3n) is 3.30. The first-order chi connectivity index (χ1) is 9.91. The molecule has 0 aromatic heterocycles. The van der Waals surface area contributed by atoms with Crippen molar-refractivity contribution in [2.45, 2.75) is 40.0 Å². The Morgan fingerprint density at radius 1 is 0.952 bits per heavy atom. The Labute approximate surface area is 127 Å². The molecular formula is C17H26N2O2. The molecule has 0 radical (unpaired) electrons. The Hall–Kier alpha value is -1.84. The lowest BCUT2D eigenvalue weighted by Gasteiger charge is -2.09. The first-order valence-electron chi connectivity index (χ1n) is 7.57. The molecule has 0 saturated carbocycles. The topological polar surface area (TPSA) is 58.2 Å². The van der Waals surface area contributed by atoms with E-state index in [4.69, 9.17) is 0 Å². The zero-order chi connectivity index (χ0) is 15.8. The molecule has 4 nitrogen and oxygen atoms in total. The highest BCUT2D eigenvalue weighted by Gasteiger charge is 2.07. The molecular weight excluding hydrogens is 264 g/mol. The van der Waals surface area contributed by atoms with Gasteiger partial charge in [0.15, 0.2) is 0 Å². The molecule has 0 heterocycles. The summed E-state index contributed by atoms with van der Waals surface area (Å²) in [6.07, 6.45) is 0.730. The zero-order valence-corrected chi connectivity index (χ0v) is 13.4. The van der Waals surface area contributed by atoms with E-state index >= 15 is 0 Å². The fourth-order valence-corrected chi connectivity index (χ4v) is 1.83. The highest BCUT2D eigenvalue weighted by molar-refractivity contribution is 5.94. The maximum atomic E-state index is 11.9. The fourth-order valence-electron chi connectivity index (χ4n) is 1.83. The number of carbonyl (C=O) groups excluding carboxylic acids is 2. The van der Waals surface area contributed by atoms with Gasteiger partial charge in [-0.25, -0.2) is 0 Å². The van der Waals surface area contributed by atoms with E-state index in [1.165, 1.54) is 5.56 Å². The van der Waals surface area contributed by atoms with Crippen molar-refractivity contribution in [2.24, 2.45) is 5.92 Å². The van der Waals surface area contributed by atoms with Crippen molar-refractivity contribution < 1.29 is 9.59 Å². The molecule has 1 rings (SSSR count). The monoisotopic (exact) mass is 290 g/mol. The summed E-state index contributed by atoms with van der Waals surface area (Å²) in [5.41, 5.74) is 1.90. The molecule has 0 aliphatic carbocycles. The summed E-state index contributed by atoms with van der Waals surface area (Å²) in [7, 11) is 0. The van der Waals surface area contributed by atoms with Gasteiger partial charge in [-0.15, -0.1) is 0 Å². The molecule has 0 aliphatic heterocycles. The number of hydrogen-bond acceptors (Lipinski definition) is 2. The van der Waals surface area contributed by atoms with E-state index in [1.807, 2.05) is 38.1 Å². The molecule has 2 N–H and O–H groups in total. The van der Waals surface area contributed by atoms with Gasteiger partial charge in [0.2, 0.25) is 5.91 Å². The van der Waals surface area contributed by atoms with Crippen LogP contribution in [0.5, 0.6) is 0 Å². The Balaban J connectivity index is 2.29. The van der Waals surface area contributed by atoms with Crippen molar-refractivity contribution in [2.75, 3.05) is 13.1 Å². The van der Waals surface area contributed by atoms with Crippen LogP contribution in [0.4, 0.5) is 0 Å². The van der Waals surface area contributed by atoms with Crippen LogP contribution in [-0.2, 0) is 4.79 Å². The largest absolute Gasteiger partial charge is 0.356 e. The molecule has 1 aromatic carbocycles. The van der Waals surface area contributed by atoms with Crippen LogP contribution in [-0.4, -0.2) is 24.9 Å². The second kappa shape index (κ2) is 8.45. The van der Waals surface area contributed by atoms with Crippen molar-refractivity contribution in [1.82, 2.24) is 10.6 Å². The normalized spacial score (nSPS) is 10.8. The van der Waals surface area contributed by atoms with E-state index in [9.17, 15) is 9.59 Å². The lowest BCUT2D eigenvalue weighted by Crippen LogP contribution is -2.31. The third-order valence-corrected chi connectivity index (χ3v) is 3.30. The average Bonchev–Trinajstić information content (AvgIpc) is 2.46. The molecule has 0 saturated heterocycles. The molecule has 116 valence electrons. The zero-order valence-electron chi connectivity index (χ0n) is 13.4. The van der Waals surface area contributed by atoms with Crippen LogP contribution in [0.15, 0.2) is 24.3 Å². The van der Waals surface area contributed by atoms with Crippen molar-refractivity contribution in [1.29, 1.82) is 0 Å². The number of carbonyl (C=O) groups is 2. The summed E-state index contributed by atoms with van der Waals surface area (Å²) < 4.78 is 0. The second-order valence-corrected chi connectivity index (χ2v) is 5.83. The van der Waals surface area contributed by atoms with Crippen molar-refractivity contribution in [3.05, 3.63) is 35.4 Å². The highest BCUT2D eigenvalue weighted by Crippen LogP contribution is 2.14. The third kappa shape index (κ3) is 5.98. The van der Waals surface area contributed by atoms with Crippen LogP contribution in [0.25, 0.3) is 0 Å². The minimum absolute atomic E-state index is 0.000868. The minimum atomic E-state index is -0.0690. The predicted molar refractivity (Wildman–Crippen MR) is 85.3 cm³/mol. The van der Waals surface area contributed by atoms with E-state index in [2.05, 4.69) is 24.5 Å². The molecule has 4 heteroatoms. The van der Waals surface area contributed by atoms with Gasteiger partial charge in [-0.05, 0) is 30.0 Å². The summed E-state index contributed by atoms with van der Waals surface area (Å²) >= 11 is 0. The van der Waals surface area contributed by atoms with Gasteiger partial charge in [-0.1, -0.05) is 39.8 Å². The van der Waals surface area contributed by atoms with Crippen LogP contribution in [0.3, 0.4) is 0 Å². The Bertz CT molecular complexity index is 464. The average molecular weight is 290 g/mol. The quantitative estimate of drug-likeness (QED) is 0.759. The first kappa shape index (κ1) is 17.2. The fraction of sp³-hybridized carbons (Fsp3) is 0.529. The molecule has 0 unspecified atom stereocenters. The molecule has 0 spiro atoms. The van der Waals surface area contributed by atoms with Gasteiger partial charge in [0.25, 0.3) is 5.91 Å². The number of benzene rings is 1. The molecule has 0 aliphatic rings. The molecule has 0 bridgehead atoms. The van der Waals surface area contributed by atoms with Crippen molar-refractivity contribution in [3.63, 3.8) is 0 Å². The van der Waals surface area contributed by atoms with Gasteiger partial charge in [0, 0.05) is 24.6 Å². The number of hydrogen-bond donors (Lipinski definition) is 2. The van der Waals surface area contributed by atoms with Gasteiger partial charge < -0.3 is 10.6 Å². The number of amides is 2. The van der Waals surface area contributed by atoms with E-state index < -0.39 is 0 Å². The molecule has 0 atom stereocenters. The van der Waals surface area contributed by atoms with Gasteiger partial charge in [0.1, 0.15) is 0 Å². The summed E-state index contributed by atoms with van der Waals surface area (Å²) in [5.74, 6) is 0.442.